The highest BCUT2D eigenvalue weighted by molar-refractivity contribution is 9.10. The normalized spacial score (nSPS) is 17.0. The number of nitrogens with zero attached hydrogens (tertiary/aromatic N) is 13. The summed E-state index contributed by atoms with van der Waals surface area (Å²) in [6.45, 7) is 40.3. The Morgan fingerprint density at radius 3 is 1.22 bits per heavy atom. The second-order valence-electron chi connectivity index (χ2n) is 31.4. The molecule has 0 radical (unpaired) electrons. The van der Waals surface area contributed by atoms with E-state index in [1.54, 1.807) is 30.4 Å². The Hall–Kier alpha value is -5.89. The van der Waals surface area contributed by atoms with E-state index in [1.807, 2.05) is 136 Å². The molecule has 1 unspecified atom stereocenters. The predicted octanol–water partition coefficient (Wildman–Crippen LogP) is 13.5. The maximum atomic E-state index is 11.6. The SMILES string of the molecule is CC(C)(C)N.CS(=O)c1nc(NC(C)(C)C)ncc1C(N)=O.CSc1nc(Cl)ncc1Br.CSc1nc(NC(C)(C)C)ncc1Br.CSc1nc(NC(C)(C)C)ncc1C#N.CSc1nc(NC(C)(C)C)ncc1C(N)=O.C[C@@H]1CC[C@@H](N)C[C@H]1O.C[C@@H]1CC[C@@H](Nc2nc(NC(C)(C)C)ncc2C(N)=O)C[C@H]1O.Cl. The van der Waals surface area contributed by atoms with E-state index in [1.165, 1.54) is 60.1 Å². The smallest absolute Gasteiger partial charge is 0.254 e. The van der Waals surface area contributed by atoms with E-state index in [4.69, 9.17) is 45.5 Å². The highest BCUT2D eigenvalue weighted by Gasteiger charge is 2.29. The summed E-state index contributed by atoms with van der Waals surface area (Å²) in [5, 5.41) is 50.7. The Labute approximate surface area is 698 Å². The van der Waals surface area contributed by atoms with Gasteiger partial charge in [-0.25, -0.2) is 54.8 Å². The minimum Gasteiger partial charge on any atom is -0.393 e. The molecule has 8 rings (SSSR count). The van der Waals surface area contributed by atoms with E-state index in [9.17, 15) is 28.8 Å². The summed E-state index contributed by atoms with van der Waals surface area (Å²) in [5.41, 5.74) is 27.4. The molecule has 0 aromatic carbocycles. The number of aromatic nitrogens is 12. The molecular weight excluding hydrogens is 1680 g/mol. The van der Waals surface area contributed by atoms with Gasteiger partial charge in [0.15, 0.2) is 0 Å². The first-order chi connectivity index (χ1) is 50.0. The first kappa shape index (κ1) is 104. The molecular formula is C71H118Br2Cl2N24O6S5. The quantitative estimate of drug-likeness (QED) is 0.0258. The van der Waals surface area contributed by atoms with Crippen molar-refractivity contribution in [2.24, 2.45) is 40.5 Å². The summed E-state index contributed by atoms with van der Waals surface area (Å²) in [5.74, 6) is 1.92. The molecule has 6 aromatic heterocycles. The van der Waals surface area contributed by atoms with Crippen LogP contribution in [0.4, 0.5) is 35.6 Å². The standard InChI is InChI=1S/C16H27N5O2.C10H16N4O2S.C10H16N4OS.C10H14N4S.C9H14BrN3S.C7H15NO.C5H4BrClN2S.C4H11N.ClH/c1-9-5-6-10(7-12(9)22)19-14-11(13(17)23)8-18-15(20-14)21-16(2,3)4;1-10(2,3)14-9-12-5-6(7(11)15)8(13-9)17(4)16;1-10(2,3)14-9-12-5-6(7(11)15)8(13-9)16-4;1-10(2,3)14-9-12-6-7(5-11)8(13-9)15-4;1-9(2,3)13-8-11-5-6(10)7(12-8)14-4;1-5-2-3-6(8)4-7(5)9;1-10-4-3(6)2-8-5(7)9-4;1-4(2,3)5;/h8-10,12,22H,5-7H2,1-4H3,(H2,17,23)(H2,18,19,20,21);5H,1-4H3,(H2,11,15)(H,12,13,14);5H,1-4H3,(H2,11,15)(H,12,13,14);6H,1-4H3,(H,12,13,14);5H,1-4H3,(H,11,12,13);5-7,9H,2-4,8H2,1H3;2H,1H3;5H2,1-3H3;1H/t9-,10-,12-;;;;;5-,6-,7-;;;/m1....1.../s1. The fourth-order valence-electron chi connectivity index (χ4n) is 8.62. The van der Waals surface area contributed by atoms with Gasteiger partial charge in [-0.15, -0.1) is 59.5 Å². The first-order valence-electron chi connectivity index (χ1n) is 34.6. The van der Waals surface area contributed by atoms with Crippen LogP contribution in [0.15, 0.2) is 71.3 Å². The van der Waals surface area contributed by atoms with Crippen molar-refractivity contribution in [3.8, 4) is 6.07 Å². The third-order valence-corrected chi connectivity index (χ3v) is 19.0. The van der Waals surface area contributed by atoms with Gasteiger partial charge in [-0.05, 0) is 243 Å². The summed E-state index contributed by atoms with van der Waals surface area (Å²) >= 11 is 18.2. The fourth-order valence-corrected chi connectivity index (χ4v) is 12.7. The van der Waals surface area contributed by atoms with Gasteiger partial charge in [0.05, 0.1) is 54.8 Å². The van der Waals surface area contributed by atoms with E-state index in [0.717, 1.165) is 51.1 Å². The number of primary amides is 3. The summed E-state index contributed by atoms with van der Waals surface area (Å²) in [4.78, 5) is 83.3. The number of hydrogen-bond donors (Lipinski definition) is 13. The number of halogens is 4. The third-order valence-electron chi connectivity index (χ3n) is 13.5. The van der Waals surface area contributed by atoms with Crippen molar-refractivity contribution in [3.63, 3.8) is 0 Å². The number of hydrogen-bond acceptors (Lipinski definition) is 31. The Kier molecular flexibility index (Phi) is 45.8. The number of nitrogens with one attached hydrogen (secondary N) is 6. The summed E-state index contributed by atoms with van der Waals surface area (Å²) < 4.78 is 13.3. The molecule has 0 saturated heterocycles. The molecule has 0 bridgehead atoms. The van der Waals surface area contributed by atoms with Crippen LogP contribution in [0.3, 0.4) is 0 Å². The third kappa shape index (κ3) is 44.5. The van der Waals surface area contributed by atoms with Gasteiger partial charge >= 0.3 is 0 Å². The fraction of sp³-hybridized carbons (Fsp3) is 0.606. The number of aliphatic hydroxyl groups is 2. The predicted molar refractivity (Wildman–Crippen MR) is 464 cm³/mol. The van der Waals surface area contributed by atoms with Crippen LogP contribution >= 0.6 is 103 Å². The van der Waals surface area contributed by atoms with Gasteiger partial charge in [-0.3, -0.25) is 18.6 Å². The number of nitriles is 1. The lowest BCUT2D eigenvalue weighted by atomic mass is 9.85. The molecule has 3 amide bonds. The maximum Gasteiger partial charge on any atom is 0.254 e. The minimum atomic E-state index is -1.39. The molecule has 6 aromatic rings. The lowest BCUT2D eigenvalue weighted by Crippen LogP contribution is -2.36. The number of carbonyl (C=O) groups excluding carboxylic acids is 3. The zero-order valence-corrected chi connectivity index (χ0v) is 76.8. The number of thioether (sulfide) groups is 4. The molecule has 7 atom stereocenters. The molecule has 110 heavy (non-hydrogen) atoms. The Balaban J connectivity index is 0.00000126. The van der Waals surface area contributed by atoms with Crippen LogP contribution < -0.4 is 60.6 Å². The number of aliphatic hydroxyl groups excluding tert-OH is 2. The van der Waals surface area contributed by atoms with E-state index < -0.39 is 28.5 Å². The van der Waals surface area contributed by atoms with Gasteiger partial charge in [0.25, 0.3) is 17.7 Å². The molecule has 2 fully saturated rings. The molecule has 616 valence electrons. The first-order valence-corrected chi connectivity index (χ1v) is 43.0. The van der Waals surface area contributed by atoms with Crippen molar-refractivity contribution in [2.45, 2.75) is 260 Å². The second kappa shape index (κ2) is 48.4. The number of rotatable bonds is 15. The van der Waals surface area contributed by atoms with Gasteiger partial charge < -0.3 is 70.8 Å². The number of anilines is 6. The number of nitrogens with two attached hydrogens (primary N) is 5. The molecule has 30 nitrogen and oxygen atoms in total. The van der Waals surface area contributed by atoms with E-state index in [0.29, 0.717) is 75.0 Å². The van der Waals surface area contributed by atoms with E-state index in [-0.39, 0.29) is 91.4 Å². The van der Waals surface area contributed by atoms with Crippen LogP contribution in [-0.2, 0) is 10.8 Å². The van der Waals surface area contributed by atoms with Crippen molar-refractivity contribution in [1.82, 2.24) is 59.8 Å². The molecule has 18 N–H and O–H groups in total. The highest BCUT2D eigenvalue weighted by atomic mass is 79.9. The zero-order valence-electron chi connectivity index (χ0n) is 68.0. The summed E-state index contributed by atoms with van der Waals surface area (Å²) in [6.07, 6.45) is 23.2. The van der Waals surface area contributed by atoms with E-state index >= 15 is 0 Å². The average molecular weight is 1790 g/mol. The number of amides is 3. The molecule has 0 spiro atoms. The van der Waals surface area contributed by atoms with Crippen LogP contribution in [-0.4, -0.2) is 181 Å². The van der Waals surface area contributed by atoms with Crippen molar-refractivity contribution >= 4 is 167 Å². The largest absolute Gasteiger partial charge is 0.393 e. The number of carbonyl (C=O) groups is 3. The molecule has 2 aliphatic carbocycles. The summed E-state index contributed by atoms with van der Waals surface area (Å²) in [7, 11) is -1.39. The Morgan fingerprint density at radius 1 is 0.518 bits per heavy atom. The lowest BCUT2D eigenvalue weighted by Gasteiger charge is -2.32. The zero-order chi connectivity index (χ0) is 83.9. The van der Waals surface area contributed by atoms with Crippen LogP contribution in [0.2, 0.25) is 5.28 Å². The van der Waals surface area contributed by atoms with Crippen molar-refractivity contribution in [1.29, 1.82) is 5.26 Å². The Bertz CT molecular complexity index is 3930. The van der Waals surface area contributed by atoms with Crippen LogP contribution in [0.25, 0.3) is 0 Å². The Morgan fingerprint density at radius 2 is 0.855 bits per heavy atom. The van der Waals surface area contributed by atoms with Gasteiger partial charge in [-0.1, -0.05) is 13.8 Å². The van der Waals surface area contributed by atoms with Gasteiger partial charge in [0, 0.05) is 82.6 Å². The molecule has 6 heterocycles. The summed E-state index contributed by atoms with van der Waals surface area (Å²) in [6, 6.07) is 2.38. The van der Waals surface area contributed by atoms with Gasteiger partial charge in [0.1, 0.15) is 42.6 Å². The van der Waals surface area contributed by atoms with Gasteiger partial charge in [-0.2, -0.15) is 10.2 Å². The van der Waals surface area contributed by atoms with Crippen LogP contribution in [0, 0.1) is 23.2 Å². The van der Waals surface area contributed by atoms with Crippen molar-refractivity contribution < 1.29 is 28.8 Å². The molecule has 0 aliphatic heterocycles. The van der Waals surface area contributed by atoms with Crippen LogP contribution in [0.1, 0.15) is 214 Å². The minimum absolute atomic E-state index is 0. The topological polar surface area (TPSA) is 489 Å². The van der Waals surface area contributed by atoms with Crippen molar-refractivity contribution in [3.05, 3.63) is 73.7 Å². The second-order valence-corrected chi connectivity index (χ2v) is 37.9. The van der Waals surface area contributed by atoms with Gasteiger partial charge in [0.2, 0.25) is 35.0 Å². The highest BCUT2D eigenvalue weighted by Crippen LogP contribution is 2.30. The van der Waals surface area contributed by atoms with Crippen molar-refractivity contribution in [2.75, 3.05) is 63.2 Å². The molecule has 39 heteroatoms. The molecule has 2 aliphatic rings. The van der Waals surface area contributed by atoms with E-state index in [2.05, 4.69) is 157 Å². The average Bonchev–Trinajstić information content (AvgIpc) is 0.840. The lowest BCUT2D eigenvalue weighted by molar-refractivity contribution is 0.0707. The maximum absolute atomic E-state index is 11.6. The van der Waals surface area contributed by atoms with Crippen LogP contribution in [0.5, 0.6) is 0 Å². The monoisotopic (exact) mass is 1790 g/mol. The molecule has 2 saturated carbocycles.